The maximum atomic E-state index is 13.0. The average Bonchev–Trinajstić information content (AvgIpc) is 3.64. The zero-order chi connectivity index (χ0) is 22.2. The van der Waals surface area contributed by atoms with Crippen molar-refractivity contribution < 1.29 is 43.7 Å². The molecule has 0 radical (unpaired) electrons. The van der Waals surface area contributed by atoms with Gasteiger partial charge in [-0.15, -0.1) is 46.5 Å². The molecule has 1 aliphatic carbocycles. The first-order chi connectivity index (χ1) is 15.8. The summed E-state index contributed by atoms with van der Waals surface area (Å²) >= 11 is 0. The van der Waals surface area contributed by atoms with Gasteiger partial charge in [-0.1, -0.05) is 24.3 Å². The molecule has 0 amide bonds. The number of allylic oxidation sites excluding steroid dienone is 2. The summed E-state index contributed by atoms with van der Waals surface area (Å²) in [5.74, 6) is -0.171. The van der Waals surface area contributed by atoms with Crippen LogP contribution < -0.4 is 0 Å². The van der Waals surface area contributed by atoms with Crippen LogP contribution in [0, 0.1) is 0 Å². The van der Waals surface area contributed by atoms with Crippen LogP contribution in [0.5, 0.6) is 0 Å². The Morgan fingerprint density at radius 1 is 0.471 bits per heavy atom. The fourth-order valence-electron chi connectivity index (χ4n) is 3.65. The topological polar surface area (TPSA) is 34.1 Å². The molecule has 1 aliphatic rings. The minimum Gasteiger partial charge on any atom is -0.344 e. The number of benzene rings is 1. The third kappa shape index (κ3) is 6.20. The third-order valence-electron chi connectivity index (χ3n) is 5.13. The van der Waals surface area contributed by atoms with Crippen molar-refractivity contribution >= 4 is 22.7 Å². The molecule has 0 spiro atoms. The van der Waals surface area contributed by atoms with E-state index in [1.54, 1.807) is 24.3 Å². The average molecular weight is 526 g/mol. The van der Waals surface area contributed by atoms with E-state index in [2.05, 4.69) is 0 Å². The molecule has 4 heteroatoms. The van der Waals surface area contributed by atoms with Crippen molar-refractivity contribution in [2.24, 2.45) is 0 Å². The maximum Gasteiger partial charge on any atom is 2.00 e. The standard InChI is InChI=1S/C20H12O2.2C5H5.2Fe/c21-19-15-11-5-6-12-16(15)20(22)18(14-9-3-4-10-14)17(19)13-7-1-2-8-13;2*1-2-4-5-3-1;;/h1-12H;2*1-5H;;/q-2;2*-1;2*+2. The van der Waals surface area contributed by atoms with Crippen LogP contribution >= 0.6 is 0 Å². The van der Waals surface area contributed by atoms with Gasteiger partial charge >= 0.3 is 34.1 Å². The van der Waals surface area contributed by atoms with E-state index in [-0.39, 0.29) is 45.7 Å². The van der Waals surface area contributed by atoms with E-state index in [1.807, 2.05) is 109 Å². The van der Waals surface area contributed by atoms with E-state index in [0.29, 0.717) is 22.3 Å². The maximum absolute atomic E-state index is 13.0. The monoisotopic (exact) mass is 526 g/mol. The second-order valence-electron chi connectivity index (χ2n) is 7.23. The minimum absolute atomic E-state index is 0. The van der Waals surface area contributed by atoms with Crippen LogP contribution in [0.25, 0.3) is 11.1 Å². The number of carbonyl (C=O) groups is 2. The largest absolute Gasteiger partial charge is 2.00 e. The molecule has 0 heterocycles. The molecule has 34 heavy (non-hydrogen) atoms. The molecule has 5 aromatic rings. The molecular formula is C30H22Fe2O2. The van der Waals surface area contributed by atoms with Crippen molar-refractivity contribution in [3.8, 4) is 0 Å². The smallest absolute Gasteiger partial charge is 0.344 e. The molecule has 0 saturated carbocycles. The first-order valence-corrected chi connectivity index (χ1v) is 10.5. The number of ketones is 2. The summed E-state index contributed by atoms with van der Waals surface area (Å²) in [7, 11) is 0. The van der Waals surface area contributed by atoms with Gasteiger partial charge in [0, 0.05) is 0 Å². The number of Topliss-reactive ketones (excluding diaryl/α,β-unsaturated/α-hetero) is 2. The van der Waals surface area contributed by atoms with Crippen LogP contribution in [0.4, 0.5) is 0 Å². The Kier molecular flexibility index (Phi) is 10.7. The Morgan fingerprint density at radius 3 is 1.06 bits per heavy atom. The molecule has 6 rings (SSSR count). The molecular weight excluding hydrogens is 504 g/mol. The van der Waals surface area contributed by atoms with Crippen LogP contribution in [0.15, 0.2) is 133 Å². The molecule has 0 unspecified atom stereocenters. The predicted molar refractivity (Wildman–Crippen MR) is 130 cm³/mol. The van der Waals surface area contributed by atoms with Gasteiger partial charge in [-0.2, -0.15) is 60.7 Å². The number of carbonyl (C=O) groups excluding carboxylic acids is 2. The molecule has 0 aromatic heterocycles. The predicted octanol–water partition coefficient (Wildman–Crippen LogP) is 6.92. The van der Waals surface area contributed by atoms with E-state index < -0.39 is 0 Å². The molecule has 0 N–H and O–H groups in total. The third-order valence-corrected chi connectivity index (χ3v) is 5.13. The first kappa shape index (κ1) is 27.0. The number of hydrogen-bond acceptors (Lipinski definition) is 2. The summed E-state index contributed by atoms with van der Waals surface area (Å²) in [6.45, 7) is 0. The Labute approximate surface area is 221 Å². The van der Waals surface area contributed by atoms with Crippen LogP contribution in [0.1, 0.15) is 31.8 Å². The van der Waals surface area contributed by atoms with Crippen molar-refractivity contribution in [3.63, 3.8) is 0 Å². The Bertz CT molecular complexity index is 1140. The zero-order valence-corrected chi connectivity index (χ0v) is 20.4. The van der Waals surface area contributed by atoms with Crippen LogP contribution in [0.3, 0.4) is 0 Å². The van der Waals surface area contributed by atoms with Gasteiger partial charge < -0.3 is 9.59 Å². The number of rotatable bonds is 2. The normalized spacial score (nSPS) is 11.6. The Morgan fingerprint density at radius 2 is 0.794 bits per heavy atom. The molecule has 0 bridgehead atoms. The summed E-state index contributed by atoms with van der Waals surface area (Å²) in [5.41, 5.74) is 3.56. The SMILES string of the molecule is O=C1C([c-]2cccc2)=C([c-]2cccc2)C(=O)c2ccccc21.[Fe+2].[Fe+2].c1cc[cH-]c1.c1cc[cH-]c1. The molecule has 0 fully saturated rings. The Balaban J connectivity index is 0.000000283. The van der Waals surface area contributed by atoms with Crippen LogP contribution in [-0.2, 0) is 34.1 Å². The van der Waals surface area contributed by atoms with Crippen molar-refractivity contribution in [1.82, 2.24) is 0 Å². The van der Waals surface area contributed by atoms with Gasteiger partial charge in [0.25, 0.3) is 0 Å². The van der Waals surface area contributed by atoms with Gasteiger partial charge in [-0.25, -0.2) is 24.3 Å². The van der Waals surface area contributed by atoms with Gasteiger partial charge in [-0.3, -0.25) is 0 Å². The van der Waals surface area contributed by atoms with Crippen LogP contribution in [-0.4, -0.2) is 11.6 Å². The van der Waals surface area contributed by atoms with Crippen molar-refractivity contribution in [3.05, 3.63) is 156 Å². The fraction of sp³-hybridized carbons (Fsp3) is 0. The van der Waals surface area contributed by atoms with Gasteiger partial charge in [-0.05, 0) is 11.1 Å². The Hall–Kier alpha value is -3.26. The van der Waals surface area contributed by atoms with Crippen molar-refractivity contribution in [1.29, 1.82) is 0 Å². The summed E-state index contributed by atoms with van der Waals surface area (Å²) in [4.78, 5) is 25.9. The number of fused-ring (bicyclic) bond motifs is 1. The number of hydrogen-bond donors (Lipinski definition) is 0. The second-order valence-corrected chi connectivity index (χ2v) is 7.23. The van der Waals surface area contributed by atoms with E-state index >= 15 is 0 Å². The van der Waals surface area contributed by atoms with Crippen LogP contribution in [0.2, 0.25) is 0 Å². The van der Waals surface area contributed by atoms with Gasteiger partial charge in [0.2, 0.25) is 0 Å². The van der Waals surface area contributed by atoms with Gasteiger partial charge in [0.15, 0.2) is 0 Å². The minimum atomic E-state index is -0.0856. The summed E-state index contributed by atoms with van der Waals surface area (Å²) in [5, 5.41) is 0. The quantitative estimate of drug-likeness (QED) is 0.185. The van der Waals surface area contributed by atoms with Crippen molar-refractivity contribution in [2.45, 2.75) is 0 Å². The molecule has 0 atom stereocenters. The zero-order valence-electron chi connectivity index (χ0n) is 18.2. The van der Waals surface area contributed by atoms with E-state index in [9.17, 15) is 9.59 Å². The summed E-state index contributed by atoms with van der Waals surface area (Å²) in [6.07, 6.45) is 0. The molecule has 5 aromatic carbocycles. The second kappa shape index (κ2) is 13.4. The van der Waals surface area contributed by atoms with E-state index in [4.69, 9.17) is 0 Å². The fourth-order valence-corrected chi connectivity index (χ4v) is 3.65. The van der Waals surface area contributed by atoms with Gasteiger partial charge in [0.05, 0.1) is 11.6 Å². The van der Waals surface area contributed by atoms with Gasteiger partial charge in [0.1, 0.15) is 0 Å². The molecule has 2 nitrogen and oxygen atoms in total. The summed E-state index contributed by atoms with van der Waals surface area (Å²) < 4.78 is 0. The van der Waals surface area contributed by atoms with E-state index in [0.717, 1.165) is 11.1 Å². The van der Waals surface area contributed by atoms with Crippen molar-refractivity contribution in [2.75, 3.05) is 0 Å². The molecule has 0 aliphatic heterocycles. The molecule has 0 saturated heterocycles. The van der Waals surface area contributed by atoms with E-state index in [1.165, 1.54) is 0 Å². The molecule has 170 valence electrons. The first-order valence-electron chi connectivity index (χ1n) is 10.5. The summed E-state index contributed by atoms with van der Waals surface area (Å²) in [6, 6.07) is 42.0.